The molecular formula is C17H19N5O. The Morgan fingerprint density at radius 1 is 1.09 bits per heavy atom. The molecule has 0 unspecified atom stereocenters. The maximum Gasteiger partial charge on any atom is 0.153 e. The molecule has 0 saturated carbocycles. The second kappa shape index (κ2) is 5.39. The summed E-state index contributed by atoms with van der Waals surface area (Å²) in [5.74, 6) is 1.36. The van der Waals surface area contributed by atoms with Crippen LogP contribution in [0.1, 0.15) is 11.1 Å². The van der Waals surface area contributed by atoms with Crippen LogP contribution in [-0.4, -0.2) is 34.2 Å². The van der Waals surface area contributed by atoms with Gasteiger partial charge < -0.3 is 15.7 Å². The van der Waals surface area contributed by atoms with E-state index in [4.69, 9.17) is 5.73 Å². The van der Waals surface area contributed by atoms with Crippen molar-refractivity contribution in [2.24, 2.45) is 0 Å². The van der Waals surface area contributed by atoms with Crippen LogP contribution in [0.3, 0.4) is 0 Å². The van der Waals surface area contributed by atoms with Gasteiger partial charge in [0, 0.05) is 19.7 Å². The van der Waals surface area contributed by atoms with E-state index < -0.39 is 0 Å². The molecule has 0 bridgehead atoms. The Hall–Kier alpha value is -2.89. The first-order chi connectivity index (χ1) is 10.9. The normalized spacial score (nSPS) is 11.0. The quantitative estimate of drug-likeness (QED) is 0.756. The predicted molar refractivity (Wildman–Crippen MR) is 92.6 cm³/mol. The Kier molecular flexibility index (Phi) is 3.52. The lowest BCUT2D eigenvalue weighted by Gasteiger charge is -2.18. The number of hydrogen-bond donors (Lipinski definition) is 2. The Labute approximate surface area is 134 Å². The fourth-order valence-electron chi connectivity index (χ4n) is 2.71. The van der Waals surface area contributed by atoms with Crippen LogP contribution < -0.4 is 10.6 Å². The monoisotopic (exact) mass is 309 g/mol. The van der Waals surface area contributed by atoms with Gasteiger partial charge in [-0.25, -0.2) is 15.0 Å². The van der Waals surface area contributed by atoms with Crippen LogP contribution in [0.15, 0.2) is 24.5 Å². The van der Waals surface area contributed by atoms with Crippen LogP contribution in [-0.2, 0) is 0 Å². The fraction of sp³-hybridized carbons (Fsp3) is 0.235. The molecule has 0 aliphatic heterocycles. The topological polar surface area (TPSA) is 88.2 Å². The molecule has 0 fully saturated rings. The molecule has 0 atom stereocenters. The van der Waals surface area contributed by atoms with Gasteiger partial charge in [-0.15, -0.1) is 0 Å². The molecule has 1 aromatic carbocycles. The lowest BCUT2D eigenvalue weighted by atomic mass is 9.94. The van der Waals surface area contributed by atoms with Crippen molar-refractivity contribution in [2.45, 2.75) is 13.8 Å². The fourth-order valence-corrected chi connectivity index (χ4v) is 2.71. The third-order valence-electron chi connectivity index (χ3n) is 3.98. The summed E-state index contributed by atoms with van der Waals surface area (Å²) < 4.78 is 0. The number of pyridine rings is 1. The van der Waals surface area contributed by atoms with Crippen LogP contribution in [0.2, 0.25) is 0 Å². The Balaban J connectivity index is 2.46. The number of aryl methyl sites for hydroxylation is 1. The number of anilines is 2. The van der Waals surface area contributed by atoms with E-state index in [2.05, 4.69) is 15.0 Å². The first-order valence-corrected chi connectivity index (χ1v) is 7.28. The van der Waals surface area contributed by atoms with Gasteiger partial charge in [0.15, 0.2) is 5.82 Å². The van der Waals surface area contributed by atoms with Crippen LogP contribution in [0, 0.1) is 13.8 Å². The minimum absolute atomic E-state index is 0.254. The molecule has 23 heavy (non-hydrogen) atoms. The van der Waals surface area contributed by atoms with Crippen molar-refractivity contribution in [1.29, 1.82) is 0 Å². The van der Waals surface area contributed by atoms with Crippen LogP contribution in [0.5, 0.6) is 5.75 Å². The van der Waals surface area contributed by atoms with Crippen molar-refractivity contribution in [3.8, 4) is 16.9 Å². The number of hydrogen-bond acceptors (Lipinski definition) is 6. The number of rotatable bonds is 2. The largest absolute Gasteiger partial charge is 0.508 e. The van der Waals surface area contributed by atoms with Crippen molar-refractivity contribution in [3.63, 3.8) is 0 Å². The molecular weight excluding hydrogens is 290 g/mol. The second-order valence-electron chi connectivity index (χ2n) is 5.78. The van der Waals surface area contributed by atoms with Crippen LogP contribution >= 0.6 is 0 Å². The highest BCUT2D eigenvalue weighted by molar-refractivity contribution is 5.99. The number of nitrogen functional groups attached to an aromatic ring is 1. The first kappa shape index (κ1) is 15.0. The van der Waals surface area contributed by atoms with Crippen molar-refractivity contribution < 1.29 is 5.11 Å². The molecule has 0 saturated heterocycles. The van der Waals surface area contributed by atoms with Gasteiger partial charge in [0.1, 0.15) is 28.9 Å². The van der Waals surface area contributed by atoms with Gasteiger partial charge in [-0.05, 0) is 42.7 Å². The van der Waals surface area contributed by atoms with Crippen molar-refractivity contribution in [2.75, 3.05) is 24.7 Å². The molecule has 6 nitrogen and oxygen atoms in total. The summed E-state index contributed by atoms with van der Waals surface area (Å²) in [4.78, 5) is 14.9. The van der Waals surface area contributed by atoms with E-state index >= 15 is 0 Å². The van der Waals surface area contributed by atoms with Gasteiger partial charge in [0.05, 0.1) is 0 Å². The van der Waals surface area contributed by atoms with E-state index in [1.165, 1.54) is 6.33 Å². The summed E-state index contributed by atoms with van der Waals surface area (Å²) in [6.45, 7) is 3.90. The summed E-state index contributed by atoms with van der Waals surface area (Å²) in [7, 11) is 3.83. The van der Waals surface area contributed by atoms with E-state index in [1.807, 2.05) is 45.0 Å². The number of phenols is 1. The SMILES string of the molecule is Cc1ccc(O)c(C)c1-c1cc(N(C)C)nc2c(N)ncnc12. The molecule has 3 aromatic rings. The minimum Gasteiger partial charge on any atom is -0.508 e. The third kappa shape index (κ3) is 2.42. The van der Waals surface area contributed by atoms with Gasteiger partial charge in [0.25, 0.3) is 0 Å². The Bertz CT molecular complexity index is 905. The summed E-state index contributed by atoms with van der Waals surface area (Å²) in [5, 5.41) is 10.1. The summed E-state index contributed by atoms with van der Waals surface area (Å²) in [5.41, 5.74) is 10.9. The lowest BCUT2D eigenvalue weighted by molar-refractivity contribution is 0.471. The molecule has 118 valence electrons. The predicted octanol–water partition coefficient (Wildman–Crippen LogP) is 2.66. The smallest absolute Gasteiger partial charge is 0.153 e. The molecule has 6 heteroatoms. The number of nitrogens with two attached hydrogens (primary N) is 1. The maximum absolute atomic E-state index is 10.1. The number of aromatic nitrogens is 3. The number of fused-ring (bicyclic) bond motifs is 1. The standard InChI is InChI=1S/C17H19N5O/c1-9-5-6-12(23)10(2)14(9)11-7-13(22(3)4)21-16-15(11)19-8-20-17(16)18/h5-8,23H,1-4H3,(H2,18,19,20). The van der Waals surface area contributed by atoms with E-state index in [-0.39, 0.29) is 5.75 Å². The third-order valence-corrected chi connectivity index (χ3v) is 3.98. The Morgan fingerprint density at radius 2 is 1.83 bits per heavy atom. The van der Waals surface area contributed by atoms with Gasteiger partial charge in [-0.3, -0.25) is 0 Å². The zero-order valence-corrected chi connectivity index (χ0v) is 13.6. The van der Waals surface area contributed by atoms with Crippen LogP contribution in [0.25, 0.3) is 22.2 Å². The van der Waals surface area contributed by atoms with Crippen molar-refractivity contribution >= 4 is 22.7 Å². The minimum atomic E-state index is 0.254. The molecule has 2 aromatic heterocycles. The summed E-state index contributed by atoms with van der Waals surface area (Å²) in [6, 6.07) is 5.56. The highest BCUT2D eigenvalue weighted by atomic mass is 16.3. The number of phenolic OH excluding ortho intramolecular Hbond substituents is 1. The summed E-state index contributed by atoms with van der Waals surface area (Å²) in [6.07, 6.45) is 1.44. The zero-order valence-electron chi connectivity index (χ0n) is 13.6. The average molecular weight is 309 g/mol. The molecule has 3 rings (SSSR count). The highest BCUT2D eigenvalue weighted by Gasteiger charge is 2.17. The maximum atomic E-state index is 10.1. The van der Waals surface area contributed by atoms with E-state index in [0.29, 0.717) is 16.9 Å². The Morgan fingerprint density at radius 3 is 2.52 bits per heavy atom. The number of benzene rings is 1. The number of aromatic hydroxyl groups is 1. The van der Waals surface area contributed by atoms with Gasteiger partial charge in [0.2, 0.25) is 0 Å². The molecule has 3 N–H and O–H groups in total. The van der Waals surface area contributed by atoms with E-state index in [9.17, 15) is 5.11 Å². The van der Waals surface area contributed by atoms with Gasteiger partial charge >= 0.3 is 0 Å². The second-order valence-corrected chi connectivity index (χ2v) is 5.78. The van der Waals surface area contributed by atoms with Crippen molar-refractivity contribution in [1.82, 2.24) is 15.0 Å². The van der Waals surface area contributed by atoms with Crippen molar-refractivity contribution in [3.05, 3.63) is 35.7 Å². The van der Waals surface area contributed by atoms with Crippen LogP contribution in [0.4, 0.5) is 11.6 Å². The molecule has 0 spiro atoms. The van der Waals surface area contributed by atoms with Gasteiger partial charge in [-0.1, -0.05) is 6.07 Å². The first-order valence-electron chi connectivity index (χ1n) is 7.28. The average Bonchev–Trinajstić information content (AvgIpc) is 2.51. The molecule has 0 aliphatic carbocycles. The van der Waals surface area contributed by atoms with E-state index in [0.717, 1.165) is 28.1 Å². The number of nitrogens with zero attached hydrogens (tertiary/aromatic N) is 4. The molecule has 0 amide bonds. The highest BCUT2D eigenvalue weighted by Crippen LogP contribution is 2.37. The lowest BCUT2D eigenvalue weighted by Crippen LogP contribution is -2.12. The van der Waals surface area contributed by atoms with E-state index in [1.54, 1.807) is 6.07 Å². The molecule has 2 heterocycles. The zero-order chi connectivity index (χ0) is 16.7. The molecule has 0 aliphatic rings. The van der Waals surface area contributed by atoms with Gasteiger partial charge in [-0.2, -0.15) is 0 Å². The summed E-state index contributed by atoms with van der Waals surface area (Å²) >= 11 is 0. The molecule has 0 radical (unpaired) electrons.